The lowest BCUT2D eigenvalue weighted by Gasteiger charge is -2.08. The number of allylic oxidation sites excluding steroid dienone is 1. The second-order valence-corrected chi connectivity index (χ2v) is 8.30. The minimum atomic E-state index is -0.457. The summed E-state index contributed by atoms with van der Waals surface area (Å²) in [5.74, 6) is 0.332. The smallest absolute Gasteiger partial charge is 0.343 e. The lowest BCUT2D eigenvalue weighted by atomic mass is 10.0. The van der Waals surface area contributed by atoms with Crippen molar-refractivity contribution in [3.8, 4) is 22.6 Å². The van der Waals surface area contributed by atoms with Crippen molar-refractivity contribution in [3.05, 3.63) is 125 Å². The van der Waals surface area contributed by atoms with Gasteiger partial charge in [-0.05, 0) is 60.4 Å². The molecule has 1 aliphatic rings. The molecule has 0 aromatic heterocycles. The van der Waals surface area contributed by atoms with Crippen molar-refractivity contribution >= 4 is 17.8 Å². The molecule has 5 rings (SSSR count). The van der Waals surface area contributed by atoms with Gasteiger partial charge in [0.1, 0.15) is 11.5 Å². The molecule has 166 valence electrons. The third kappa shape index (κ3) is 4.26. The Morgan fingerprint density at radius 1 is 0.824 bits per heavy atom. The molecule has 0 N–H and O–H groups in total. The molecule has 4 nitrogen and oxygen atoms in total. The Bertz CT molecular complexity index is 1430. The quantitative estimate of drug-likeness (QED) is 0.196. The van der Waals surface area contributed by atoms with Crippen LogP contribution in [-0.2, 0) is 0 Å². The van der Waals surface area contributed by atoms with Gasteiger partial charge in [0.05, 0.1) is 11.1 Å². The van der Waals surface area contributed by atoms with Gasteiger partial charge in [0.2, 0.25) is 5.78 Å². The zero-order chi connectivity index (χ0) is 23.7. The lowest BCUT2D eigenvalue weighted by molar-refractivity contribution is 0.0734. The summed E-state index contributed by atoms with van der Waals surface area (Å²) >= 11 is 0. The van der Waals surface area contributed by atoms with Gasteiger partial charge in [0, 0.05) is 6.07 Å². The molecule has 0 unspecified atom stereocenters. The highest BCUT2D eigenvalue weighted by atomic mass is 16.5. The fourth-order valence-corrected chi connectivity index (χ4v) is 4.03. The fraction of sp³-hybridized carbons (Fsp3) is 0.0667. The van der Waals surface area contributed by atoms with Crippen LogP contribution in [0, 0.1) is 13.8 Å². The maximum Gasteiger partial charge on any atom is 0.343 e. The van der Waals surface area contributed by atoms with Gasteiger partial charge < -0.3 is 9.47 Å². The molecule has 0 spiro atoms. The summed E-state index contributed by atoms with van der Waals surface area (Å²) in [6, 6.07) is 28.5. The van der Waals surface area contributed by atoms with Gasteiger partial charge in [-0.1, -0.05) is 72.3 Å². The maximum absolute atomic E-state index is 13.0. The monoisotopic (exact) mass is 446 g/mol. The number of ketones is 1. The first-order valence-corrected chi connectivity index (χ1v) is 11.0. The molecular weight excluding hydrogens is 424 g/mol. The van der Waals surface area contributed by atoms with Crippen LogP contribution in [0.4, 0.5) is 0 Å². The van der Waals surface area contributed by atoms with Crippen molar-refractivity contribution in [2.75, 3.05) is 0 Å². The minimum absolute atomic E-state index is 0.184. The second kappa shape index (κ2) is 8.83. The van der Waals surface area contributed by atoms with Gasteiger partial charge in [-0.2, -0.15) is 0 Å². The number of carbonyl (C=O) groups excluding carboxylic acids is 2. The molecule has 0 fully saturated rings. The first-order chi connectivity index (χ1) is 16.5. The number of fused-ring (bicyclic) bond motifs is 1. The number of esters is 1. The van der Waals surface area contributed by atoms with Gasteiger partial charge >= 0.3 is 5.97 Å². The molecule has 0 atom stereocenters. The first-order valence-electron chi connectivity index (χ1n) is 11.0. The Labute approximate surface area is 198 Å². The zero-order valence-electron chi connectivity index (χ0n) is 18.9. The van der Waals surface area contributed by atoms with Crippen LogP contribution in [0.5, 0.6) is 11.5 Å². The molecule has 0 radical (unpaired) electrons. The SMILES string of the molecule is Cc1cccc(C(=O)Oc2cc(C)c3c(c2)O/C(=C\c2ccc(-c4ccccc4)cc2)C3=O)c1. The molecule has 0 saturated heterocycles. The summed E-state index contributed by atoms with van der Waals surface area (Å²) in [5, 5.41) is 0. The molecule has 1 aliphatic heterocycles. The predicted octanol–water partition coefficient (Wildman–Crippen LogP) is 6.81. The minimum Gasteiger partial charge on any atom is -0.452 e. The number of carbonyl (C=O) groups is 2. The van der Waals surface area contributed by atoms with Crippen LogP contribution in [0.1, 0.15) is 37.4 Å². The normalized spacial score (nSPS) is 13.5. The summed E-state index contributed by atoms with van der Waals surface area (Å²) in [7, 11) is 0. The van der Waals surface area contributed by atoms with Gasteiger partial charge in [-0.25, -0.2) is 4.79 Å². The molecule has 1 heterocycles. The second-order valence-electron chi connectivity index (χ2n) is 8.30. The number of hydrogen-bond donors (Lipinski definition) is 0. The molecular formula is C30H22O4. The van der Waals surface area contributed by atoms with E-state index in [1.54, 1.807) is 30.3 Å². The van der Waals surface area contributed by atoms with Crippen LogP contribution in [0.25, 0.3) is 17.2 Å². The average molecular weight is 447 g/mol. The van der Waals surface area contributed by atoms with Crippen LogP contribution in [0.2, 0.25) is 0 Å². The number of rotatable bonds is 4. The highest BCUT2D eigenvalue weighted by molar-refractivity contribution is 6.15. The first kappa shape index (κ1) is 21.4. The summed E-state index contributed by atoms with van der Waals surface area (Å²) < 4.78 is 11.4. The highest BCUT2D eigenvalue weighted by Gasteiger charge is 2.30. The number of ether oxygens (including phenoxy) is 2. The van der Waals surface area contributed by atoms with Crippen molar-refractivity contribution in [3.63, 3.8) is 0 Å². The Kier molecular flexibility index (Phi) is 5.56. The largest absolute Gasteiger partial charge is 0.452 e. The number of aryl methyl sites for hydroxylation is 2. The van der Waals surface area contributed by atoms with Crippen molar-refractivity contribution in [2.24, 2.45) is 0 Å². The topological polar surface area (TPSA) is 52.6 Å². The van der Waals surface area contributed by atoms with Crippen LogP contribution in [-0.4, -0.2) is 11.8 Å². The van der Waals surface area contributed by atoms with E-state index in [0.29, 0.717) is 28.2 Å². The molecule has 0 bridgehead atoms. The van der Waals surface area contributed by atoms with Crippen LogP contribution in [0.15, 0.2) is 96.8 Å². The van der Waals surface area contributed by atoms with Crippen molar-refractivity contribution in [2.45, 2.75) is 13.8 Å². The van der Waals surface area contributed by atoms with Crippen molar-refractivity contribution < 1.29 is 19.1 Å². The Hall–Kier alpha value is -4.44. The number of hydrogen-bond acceptors (Lipinski definition) is 4. The number of benzene rings is 4. The molecule has 0 saturated carbocycles. The van der Waals surface area contributed by atoms with Crippen molar-refractivity contribution in [1.82, 2.24) is 0 Å². The van der Waals surface area contributed by atoms with Crippen LogP contribution >= 0.6 is 0 Å². The van der Waals surface area contributed by atoms with Crippen molar-refractivity contribution in [1.29, 1.82) is 0 Å². The van der Waals surface area contributed by atoms with Gasteiger partial charge in [-0.3, -0.25) is 4.79 Å². The van der Waals surface area contributed by atoms with E-state index < -0.39 is 5.97 Å². The zero-order valence-corrected chi connectivity index (χ0v) is 18.9. The van der Waals surface area contributed by atoms with Gasteiger partial charge in [-0.15, -0.1) is 0 Å². The van der Waals surface area contributed by atoms with E-state index in [-0.39, 0.29) is 11.5 Å². The average Bonchev–Trinajstić information content (AvgIpc) is 3.15. The van der Waals surface area contributed by atoms with E-state index in [4.69, 9.17) is 9.47 Å². The van der Waals surface area contributed by atoms with E-state index in [1.165, 1.54) is 0 Å². The summed E-state index contributed by atoms with van der Waals surface area (Å²) in [6.45, 7) is 3.72. The molecule has 4 aromatic rings. The maximum atomic E-state index is 13.0. The third-order valence-corrected chi connectivity index (χ3v) is 5.72. The standard InChI is InChI=1S/C30H22O4/c1-19-7-6-10-24(15-19)30(32)33-25-16-20(2)28-26(18-25)34-27(29(28)31)17-21-11-13-23(14-12-21)22-8-4-3-5-9-22/h3-18H,1-2H3/b27-17-. The molecule has 0 amide bonds. The summed E-state index contributed by atoms with van der Waals surface area (Å²) in [6.07, 6.45) is 1.73. The Balaban J connectivity index is 1.37. The predicted molar refractivity (Wildman–Crippen MR) is 132 cm³/mol. The van der Waals surface area contributed by atoms with E-state index in [9.17, 15) is 9.59 Å². The molecule has 4 aromatic carbocycles. The van der Waals surface area contributed by atoms with Gasteiger partial charge in [0.25, 0.3) is 0 Å². The molecule has 4 heteroatoms. The molecule has 0 aliphatic carbocycles. The van der Waals surface area contributed by atoms with Gasteiger partial charge in [0.15, 0.2) is 5.76 Å². The van der Waals surface area contributed by atoms with Crippen LogP contribution < -0.4 is 9.47 Å². The van der Waals surface area contributed by atoms with Crippen LogP contribution in [0.3, 0.4) is 0 Å². The number of Topliss-reactive ketones (excluding diaryl/α,β-unsaturated/α-hetero) is 1. The van der Waals surface area contributed by atoms with E-state index in [2.05, 4.69) is 12.1 Å². The summed E-state index contributed by atoms with van der Waals surface area (Å²) in [4.78, 5) is 25.5. The third-order valence-electron chi connectivity index (χ3n) is 5.72. The Morgan fingerprint density at radius 2 is 1.56 bits per heavy atom. The Morgan fingerprint density at radius 3 is 2.29 bits per heavy atom. The summed E-state index contributed by atoms with van der Waals surface area (Å²) in [5.41, 5.74) is 5.71. The molecule has 34 heavy (non-hydrogen) atoms. The van der Waals surface area contributed by atoms with E-state index in [0.717, 1.165) is 22.3 Å². The van der Waals surface area contributed by atoms with E-state index in [1.807, 2.05) is 68.4 Å². The lowest BCUT2D eigenvalue weighted by Crippen LogP contribution is -2.09. The highest BCUT2D eigenvalue weighted by Crippen LogP contribution is 2.38. The fourth-order valence-electron chi connectivity index (χ4n) is 4.03. The van der Waals surface area contributed by atoms with E-state index >= 15 is 0 Å².